The van der Waals surface area contributed by atoms with Gasteiger partial charge in [-0.1, -0.05) is 29.5 Å². The lowest BCUT2D eigenvalue weighted by molar-refractivity contribution is -0.113. The molecule has 1 N–H and O–H groups in total. The molecule has 29 heavy (non-hydrogen) atoms. The summed E-state index contributed by atoms with van der Waals surface area (Å²) in [6.07, 6.45) is 0. The number of nitrogens with one attached hydrogen (secondary N) is 1. The standard InChI is InChI=1S/C22H21N3O3S/c1-14-3-4-15(2)17(11-14)18-6-8-22(25-24-18)29-13-21(26)23-16-5-7-19-20(12-16)28-10-9-27-19/h3-8,11-12H,9-10,13H2,1-2H3,(H,23,26). The van der Waals surface area contributed by atoms with E-state index in [4.69, 9.17) is 9.47 Å². The maximum atomic E-state index is 12.3. The third-order valence-electron chi connectivity index (χ3n) is 4.49. The van der Waals surface area contributed by atoms with Gasteiger partial charge in [0.15, 0.2) is 11.5 Å². The summed E-state index contributed by atoms with van der Waals surface area (Å²) < 4.78 is 11.0. The second kappa shape index (κ2) is 8.53. The zero-order valence-corrected chi connectivity index (χ0v) is 17.1. The fourth-order valence-corrected chi connectivity index (χ4v) is 3.62. The Hall–Kier alpha value is -3.06. The van der Waals surface area contributed by atoms with E-state index < -0.39 is 0 Å². The van der Waals surface area contributed by atoms with E-state index in [9.17, 15) is 4.79 Å². The van der Waals surface area contributed by atoms with Crippen molar-refractivity contribution in [1.82, 2.24) is 10.2 Å². The fraction of sp³-hybridized carbons (Fsp3) is 0.227. The van der Waals surface area contributed by atoms with Crippen LogP contribution in [0.5, 0.6) is 11.5 Å². The molecule has 1 aliphatic rings. The number of anilines is 1. The number of aromatic nitrogens is 2. The van der Waals surface area contributed by atoms with Gasteiger partial charge < -0.3 is 14.8 Å². The van der Waals surface area contributed by atoms with Crippen molar-refractivity contribution < 1.29 is 14.3 Å². The van der Waals surface area contributed by atoms with Crippen molar-refractivity contribution in [3.63, 3.8) is 0 Å². The number of fused-ring (bicyclic) bond motifs is 1. The smallest absolute Gasteiger partial charge is 0.234 e. The number of carbonyl (C=O) groups excluding carboxylic acids is 1. The average molecular weight is 407 g/mol. The first-order valence-corrected chi connectivity index (χ1v) is 10.3. The Morgan fingerprint density at radius 3 is 2.62 bits per heavy atom. The number of amides is 1. The van der Waals surface area contributed by atoms with Crippen molar-refractivity contribution in [2.24, 2.45) is 0 Å². The lowest BCUT2D eigenvalue weighted by Crippen LogP contribution is -2.17. The Morgan fingerprint density at radius 1 is 1.00 bits per heavy atom. The first-order valence-electron chi connectivity index (χ1n) is 9.32. The second-order valence-electron chi connectivity index (χ2n) is 6.77. The van der Waals surface area contributed by atoms with Gasteiger partial charge in [0.1, 0.15) is 18.2 Å². The molecular weight excluding hydrogens is 386 g/mol. The summed E-state index contributed by atoms with van der Waals surface area (Å²) in [7, 11) is 0. The number of aryl methyl sites for hydroxylation is 2. The number of benzene rings is 2. The van der Waals surface area contributed by atoms with Crippen molar-refractivity contribution in [1.29, 1.82) is 0 Å². The maximum absolute atomic E-state index is 12.3. The molecule has 0 atom stereocenters. The lowest BCUT2D eigenvalue weighted by atomic mass is 10.0. The van der Waals surface area contributed by atoms with E-state index in [2.05, 4.69) is 47.6 Å². The van der Waals surface area contributed by atoms with Crippen LogP contribution in [-0.2, 0) is 4.79 Å². The van der Waals surface area contributed by atoms with Crippen molar-refractivity contribution in [3.05, 3.63) is 59.7 Å². The average Bonchev–Trinajstić information content (AvgIpc) is 2.74. The molecule has 4 rings (SSSR count). The monoisotopic (exact) mass is 407 g/mol. The Bertz CT molecular complexity index is 1040. The number of hydrogen-bond acceptors (Lipinski definition) is 6. The highest BCUT2D eigenvalue weighted by Gasteiger charge is 2.13. The molecule has 2 aromatic carbocycles. The number of ether oxygens (including phenoxy) is 2. The van der Waals surface area contributed by atoms with Crippen LogP contribution in [0.1, 0.15) is 11.1 Å². The van der Waals surface area contributed by atoms with Gasteiger partial charge in [-0.2, -0.15) is 0 Å². The normalized spacial score (nSPS) is 12.5. The molecule has 0 saturated carbocycles. The second-order valence-corrected chi connectivity index (χ2v) is 7.77. The lowest BCUT2D eigenvalue weighted by Gasteiger charge is -2.18. The number of carbonyl (C=O) groups is 1. The zero-order valence-electron chi connectivity index (χ0n) is 16.3. The minimum atomic E-state index is -0.118. The maximum Gasteiger partial charge on any atom is 0.234 e. The molecular formula is C22H21N3O3S. The molecule has 1 amide bonds. The van der Waals surface area contributed by atoms with E-state index in [1.807, 2.05) is 12.1 Å². The predicted molar refractivity (Wildman–Crippen MR) is 114 cm³/mol. The Kier molecular flexibility index (Phi) is 5.67. The van der Waals surface area contributed by atoms with Crippen molar-refractivity contribution in [2.75, 3.05) is 24.3 Å². The van der Waals surface area contributed by atoms with E-state index in [0.29, 0.717) is 35.4 Å². The van der Waals surface area contributed by atoms with Crippen LogP contribution in [0.15, 0.2) is 53.6 Å². The summed E-state index contributed by atoms with van der Waals surface area (Å²) in [4.78, 5) is 12.3. The van der Waals surface area contributed by atoms with Crippen LogP contribution in [0, 0.1) is 13.8 Å². The quantitative estimate of drug-likeness (QED) is 0.637. The summed E-state index contributed by atoms with van der Waals surface area (Å²) in [5.41, 5.74) is 4.92. The predicted octanol–water partition coefficient (Wildman–Crippen LogP) is 4.26. The molecule has 2 heterocycles. The minimum absolute atomic E-state index is 0.118. The highest BCUT2D eigenvalue weighted by Crippen LogP contribution is 2.32. The molecule has 1 aromatic heterocycles. The van der Waals surface area contributed by atoms with Crippen LogP contribution < -0.4 is 14.8 Å². The van der Waals surface area contributed by atoms with Gasteiger partial charge in [-0.15, -0.1) is 10.2 Å². The van der Waals surface area contributed by atoms with Crippen LogP contribution in [0.25, 0.3) is 11.3 Å². The molecule has 0 aliphatic carbocycles. The third-order valence-corrected chi connectivity index (χ3v) is 5.41. The molecule has 0 spiro atoms. The molecule has 3 aromatic rings. The van der Waals surface area contributed by atoms with Gasteiger partial charge in [0.2, 0.25) is 5.91 Å². The number of rotatable bonds is 5. The minimum Gasteiger partial charge on any atom is -0.486 e. The Balaban J connectivity index is 1.35. The van der Waals surface area contributed by atoms with Crippen molar-refractivity contribution in [3.8, 4) is 22.8 Å². The van der Waals surface area contributed by atoms with Crippen LogP contribution in [0.4, 0.5) is 5.69 Å². The summed E-state index contributed by atoms with van der Waals surface area (Å²) in [6.45, 7) is 5.16. The highest BCUT2D eigenvalue weighted by molar-refractivity contribution is 7.99. The fourth-order valence-electron chi connectivity index (χ4n) is 3.01. The molecule has 148 valence electrons. The summed E-state index contributed by atoms with van der Waals surface area (Å²) in [5, 5.41) is 12.2. The summed E-state index contributed by atoms with van der Waals surface area (Å²) >= 11 is 1.35. The molecule has 7 heteroatoms. The summed E-state index contributed by atoms with van der Waals surface area (Å²) in [5.74, 6) is 1.47. The molecule has 6 nitrogen and oxygen atoms in total. The highest BCUT2D eigenvalue weighted by atomic mass is 32.2. The van der Waals surface area contributed by atoms with Gasteiger partial charge in [0, 0.05) is 17.3 Å². The van der Waals surface area contributed by atoms with Gasteiger partial charge in [-0.3, -0.25) is 4.79 Å². The molecule has 0 saturated heterocycles. The third kappa shape index (κ3) is 4.68. The first kappa shape index (κ1) is 19.3. The topological polar surface area (TPSA) is 73.3 Å². The number of nitrogens with zero attached hydrogens (tertiary/aromatic N) is 2. The summed E-state index contributed by atoms with van der Waals surface area (Å²) in [6, 6.07) is 15.5. The number of thioether (sulfide) groups is 1. The van der Waals surface area contributed by atoms with E-state index in [-0.39, 0.29) is 11.7 Å². The SMILES string of the molecule is Cc1ccc(C)c(-c2ccc(SCC(=O)Nc3ccc4c(c3)OCCO4)nn2)c1. The van der Waals surface area contributed by atoms with E-state index in [0.717, 1.165) is 16.8 Å². The molecule has 0 fully saturated rings. The first-order chi connectivity index (χ1) is 14.1. The van der Waals surface area contributed by atoms with Crippen molar-refractivity contribution in [2.45, 2.75) is 18.9 Å². The van der Waals surface area contributed by atoms with E-state index in [1.165, 1.54) is 17.3 Å². The molecule has 0 unspecified atom stereocenters. The van der Waals surface area contributed by atoms with E-state index >= 15 is 0 Å². The number of hydrogen-bond donors (Lipinski definition) is 1. The van der Waals surface area contributed by atoms with E-state index in [1.54, 1.807) is 18.2 Å². The van der Waals surface area contributed by atoms with Gasteiger partial charge in [-0.05, 0) is 49.7 Å². The van der Waals surface area contributed by atoms with Crippen LogP contribution in [0.3, 0.4) is 0 Å². The molecule has 1 aliphatic heterocycles. The van der Waals surface area contributed by atoms with Crippen LogP contribution in [0.2, 0.25) is 0 Å². The van der Waals surface area contributed by atoms with Crippen LogP contribution >= 0.6 is 11.8 Å². The van der Waals surface area contributed by atoms with Gasteiger partial charge in [0.25, 0.3) is 0 Å². The molecule has 0 bridgehead atoms. The Morgan fingerprint density at radius 2 is 1.83 bits per heavy atom. The van der Waals surface area contributed by atoms with Crippen molar-refractivity contribution >= 4 is 23.4 Å². The molecule has 0 radical (unpaired) electrons. The van der Waals surface area contributed by atoms with Gasteiger partial charge in [-0.25, -0.2) is 0 Å². The zero-order chi connectivity index (χ0) is 20.2. The van der Waals surface area contributed by atoms with Crippen LogP contribution in [-0.4, -0.2) is 35.1 Å². The Labute approximate surface area is 173 Å². The van der Waals surface area contributed by atoms with Gasteiger partial charge in [0.05, 0.1) is 11.4 Å². The van der Waals surface area contributed by atoms with Gasteiger partial charge >= 0.3 is 0 Å². The largest absolute Gasteiger partial charge is 0.486 e.